The van der Waals surface area contributed by atoms with Crippen molar-refractivity contribution in [2.45, 2.75) is 12.5 Å². The second-order valence-corrected chi connectivity index (χ2v) is 5.72. The van der Waals surface area contributed by atoms with Crippen molar-refractivity contribution in [3.8, 4) is 0 Å². The van der Waals surface area contributed by atoms with Crippen LogP contribution in [-0.4, -0.2) is 25.4 Å². The molecule has 0 radical (unpaired) electrons. The van der Waals surface area contributed by atoms with Crippen molar-refractivity contribution in [2.24, 2.45) is 5.73 Å². The van der Waals surface area contributed by atoms with Gasteiger partial charge >= 0.3 is 0 Å². The first-order valence-corrected chi connectivity index (χ1v) is 6.48. The predicted molar refractivity (Wildman–Crippen MR) is 55.5 cm³/mol. The maximum Gasteiger partial charge on any atom is 0.147 e. The van der Waals surface area contributed by atoms with E-state index in [1.165, 1.54) is 12.3 Å². The molecule has 0 aromatic carbocycles. The zero-order valence-corrected chi connectivity index (χ0v) is 9.17. The Hall–Kier alpha value is -1.01. The summed E-state index contributed by atoms with van der Waals surface area (Å²) in [5.41, 5.74) is 6.21. The molecule has 0 bridgehead atoms. The van der Waals surface area contributed by atoms with Crippen LogP contribution >= 0.6 is 0 Å². The number of hydrogen-bond acceptors (Lipinski definition) is 4. The fourth-order valence-corrected chi connectivity index (χ4v) is 1.82. The average molecular weight is 232 g/mol. The zero-order valence-electron chi connectivity index (χ0n) is 8.35. The van der Waals surface area contributed by atoms with Gasteiger partial charge in [-0.25, -0.2) is 12.8 Å². The number of aromatic nitrogens is 1. The molecule has 84 valence electrons. The van der Waals surface area contributed by atoms with E-state index >= 15 is 0 Å². The molecule has 0 aliphatic heterocycles. The second-order valence-electron chi connectivity index (χ2n) is 3.46. The van der Waals surface area contributed by atoms with E-state index in [2.05, 4.69) is 4.98 Å². The highest BCUT2D eigenvalue weighted by Crippen LogP contribution is 2.14. The fraction of sp³-hybridized carbons (Fsp3) is 0.444. The number of hydrogen-bond donors (Lipinski definition) is 1. The van der Waals surface area contributed by atoms with Gasteiger partial charge in [0, 0.05) is 18.5 Å². The van der Waals surface area contributed by atoms with Crippen LogP contribution in [0.1, 0.15) is 18.0 Å². The van der Waals surface area contributed by atoms with Crippen molar-refractivity contribution in [2.75, 3.05) is 12.0 Å². The van der Waals surface area contributed by atoms with E-state index in [9.17, 15) is 12.8 Å². The molecule has 1 aromatic rings. The van der Waals surface area contributed by atoms with E-state index in [1.54, 1.807) is 0 Å². The van der Waals surface area contributed by atoms with E-state index in [4.69, 9.17) is 5.73 Å². The number of rotatable bonds is 4. The highest BCUT2D eigenvalue weighted by Gasteiger charge is 2.11. The molecule has 0 aliphatic rings. The summed E-state index contributed by atoms with van der Waals surface area (Å²) in [4.78, 5) is 3.65. The molecule has 4 nitrogen and oxygen atoms in total. The van der Waals surface area contributed by atoms with E-state index in [0.29, 0.717) is 5.56 Å². The summed E-state index contributed by atoms with van der Waals surface area (Å²) in [6.07, 6.45) is 3.93. The summed E-state index contributed by atoms with van der Waals surface area (Å²) < 4.78 is 34.5. The normalized spacial score (nSPS) is 13.8. The van der Waals surface area contributed by atoms with Crippen molar-refractivity contribution in [3.05, 3.63) is 29.8 Å². The molecule has 0 aliphatic carbocycles. The molecule has 0 saturated carbocycles. The molecule has 0 amide bonds. The Morgan fingerprint density at radius 1 is 1.53 bits per heavy atom. The topological polar surface area (TPSA) is 73.0 Å². The monoisotopic (exact) mass is 232 g/mol. The van der Waals surface area contributed by atoms with Crippen molar-refractivity contribution < 1.29 is 12.8 Å². The van der Waals surface area contributed by atoms with Crippen molar-refractivity contribution in [3.63, 3.8) is 0 Å². The molecule has 1 rings (SSSR count). The highest BCUT2D eigenvalue weighted by atomic mass is 32.2. The maximum absolute atomic E-state index is 12.8. The van der Waals surface area contributed by atoms with Crippen LogP contribution in [0.4, 0.5) is 4.39 Å². The van der Waals surface area contributed by atoms with Gasteiger partial charge in [0.05, 0.1) is 11.9 Å². The minimum Gasteiger partial charge on any atom is -0.324 e. The molecule has 1 unspecified atom stereocenters. The van der Waals surface area contributed by atoms with Crippen molar-refractivity contribution in [1.29, 1.82) is 0 Å². The van der Waals surface area contributed by atoms with Gasteiger partial charge < -0.3 is 5.73 Å². The molecular weight excluding hydrogens is 219 g/mol. The number of halogens is 1. The molecule has 1 aromatic heterocycles. The lowest BCUT2D eigenvalue weighted by atomic mass is 10.1. The van der Waals surface area contributed by atoms with Gasteiger partial charge in [-0.05, 0) is 18.1 Å². The third-order valence-electron chi connectivity index (χ3n) is 1.95. The SMILES string of the molecule is CS(=O)(=O)CCC(N)c1cncc(F)c1. The van der Waals surface area contributed by atoms with Crippen LogP contribution in [-0.2, 0) is 9.84 Å². The first kappa shape index (κ1) is 12.1. The second kappa shape index (κ2) is 4.67. The van der Waals surface area contributed by atoms with Gasteiger partial charge in [0.1, 0.15) is 15.7 Å². The summed E-state index contributed by atoms with van der Waals surface area (Å²) in [6, 6.07) is 0.767. The van der Waals surface area contributed by atoms with Crippen LogP contribution in [0.5, 0.6) is 0 Å². The van der Waals surface area contributed by atoms with E-state index in [0.717, 1.165) is 12.5 Å². The average Bonchev–Trinajstić information content (AvgIpc) is 2.13. The van der Waals surface area contributed by atoms with Gasteiger partial charge in [-0.2, -0.15) is 0 Å². The van der Waals surface area contributed by atoms with Crippen molar-refractivity contribution in [1.82, 2.24) is 4.98 Å². The minimum atomic E-state index is -3.03. The molecule has 15 heavy (non-hydrogen) atoms. The third-order valence-corrected chi connectivity index (χ3v) is 2.93. The molecule has 6 heteroatoms. The number of sulfone groups is 1. The lowest BCUT2D eigenvalue weighted by Crippen LogP contribution is -2.16. The molecule has 2 N–H and O–H groups in total. The molecule has 0 fully saturated rings. The quantitative estimate of drug-likeness (QED) is 0.827. The largest absolute Gasteiger partial charge is 0.324 e. The van der Waals surface area contributed by atoms with Crippen molar-refractivity contribution >= 4 is 9.84 Å². The molecule has 1 atom stereocenters. The van der Waals surface area contributed by atoms with Gasteiger partial charge in [0.2, 0.25) is 0 Å². The Bertz CT molecular complexity index is 433. The lowest BCUT2D eigenvalue weighted by molar-refractivity contribution is 0.588. The first-order chi connectivity index (χ1) is 6.88. The van der Waals surface area contributed by atoms with Crippen LogP contribution in [0.15, 0.2) is 18.5 Å². The molecule has 0 spiro atoms. The van der Waals surface area contributed by atoms with E-state index < -0.39 is 21.7 Å². The predicted octanol–water partition coefficient (Wildman–Crippen LogP) is 0.655. The van der Waals surface area contributed by atoms with Crippen LogP contribution in [0, 0.1) is 5.82 Å². The summed E-state index contributed by atoms with van der Waals surface area (Å²) in [5, 5.41) is 0. The Labute approximate surface area is 88.2 Å². The molecule has 0 saturated heterocycles. The number of pyridine rings is 1. The number of nitrogens with zero attached hydrogens (tertiary/aromatic N) is 1. The van der Waals surface area contributed by atoms with Crippen LogP contribution in [0.25, 0.3) is 0 Å². The highest BCUT2D eigenvalue weighted by molar-refractivity contribution is 7.90. The van der Waals surface area contributed by atoms with E-state index in [1.807, 2.05) is 0 Å². The summed E-state index contributed by atoms with van der Waals surface area (Å²) in [5.74, 6) is -0.479. The Morgan fingerprint density at radius 2 is 2.20 bits per heavy atom. The molecular formula is C9H13FN2O2S. The number of nitrogens with two attached hydrogens (primary N) is 1. The van der Waals surface area contributed by atoms with Gasteiger partial charge in [0.25, 0.3) is 0 Å². The smallest absolute Gasteiger partial charge is 0.147 e. The Kier molecular flexibility index (Phi) is 3.76. The fourth-order valence-electron chi connectivity index (χ4n) is 1.14. The van der Waals surface area contributed by atoms with Crippen LogP contribution < -0.4 is 5.73 Å². The Morgan fingerprint density at radius 3 is 2.73 bits per heavy atom. The van der Waals surface area contributed by atoms with Gasteiger partial charge in [-0.1, -0.05) is 0 Å². The standard InChI is InChI=1S/C9H13FN2O2S/c1-15(13,14)3-2-9(11)7-4-8(10)6-12-5-7/h4-6,9H,2-3,11H2,1H3. The first-order valence-electron chi connectivity index (χ1n) is 4.42. The minimum absolute atomic E-state index is 0.00925. The third kappa shape index (κ3) is 4.35. The Balaban J connectivity index is 2.65. The zero-order chi connectivity index (χ0) is 11.5. The lowest BCUT2D eigenvalue weighted by Gasteiger charge is -2.10. The summed E-state index contributed by atoms with van der Waals surface area (Å²) >= 11 is 0. The van der Waals surface area contributed by atoms with Crippen LogP contribution in [0.2, 0.25) is 0 Å². The summed E-state index contributed by atoms with van der Waals surface area (Å²) in [7, 11) is -3.03. The molecule has 1 heterocycles. The maximum atomic E-state index is 12.8. The van der Waals surface area contributed by atoms with Gasteiger partial charge in [0.15, 0.2) is 0 Å². The van der Waals surface area contributed by atoms with E-state index in [-0.39, 0.29) is 12.2 Å². The van der Waals surface area contributed by atoms with Crippen LogP contribution in [0.3, 0.4) is 0 Å². The van der Waals surface area contributed by atoms with Gasteiger partial charge in [-0.15, -0.1) is 0 Å². The van der Waals surface area contributed by atoms with Gasteiger partial charge in [-0.3, -0.25) is 4.98 Å². The summed E-state index contributed by atoms with van der Waals surface area (Å²) in [6.45, 7) is 0.